The van der Waals surface area contributed by atoms with Gasteiger partial charge in [0.1, 0.15) is 6.10 Å². The second-order valence-electron chi connectivity index (χ2n) is 6.87. The maximum absolute atomic E-state index is 11.5. The van der Waals surface area contributed by atoms with Crippen LogP contribution in [0.2, 0.25) is 0 Å². The quantitative estimate of drug-likeness (QED) is 0.622. The van der Waals surface area contributed by atoms with Gasteiger partial charge in [-0.25, -0.2) is 0 Å². The Kier molecular flexibility index (Phi) is 4.13. The second kappa shape index (κ2) is 6.67. The average molecular weight is 390 g/mol. The fraction of sp³-hybridized carbons (Fsp3) is 0.130. The summed E-state index contributed by atoms with van der Waals surface area (Å²) in [5.74, 6) is -1.30. The zero-order valence-corrected chi connectivity index (χ0v) is 15.6. The molecule has 3 aromatic rings. The number of halogens is 1. The Morgan fingerprint density at radius 2 is 1.89 bits per heavy atom. The van der Waals surface area contributed by atoms with Crippen molar-refractivity contribution in [1.29, 1.82) is 0 Å². The maximum atomic E-state index is 11.5. The smallest absolute Gasteiger partial charge is 0.211 e. The standard InChI is InChI=1S/C23H16ClNO3/c24-19-12-23(10-9-21(19)26)27-14-22(28-23)16-7-5-15(6-8-16)18-11-17-3-1-2-4-20(17)25-13-18/h1-13,22H,14H2/t22-,23+/m1/s1. The number of pyridine rings is 1. The van der Waals surface area contributed by atoms with E-state index in [0.717, 1.165) is 27.6 Å². The van der Waals surface area contributed by atoms with Gasteiger partial charge in [0.15, 0.2) is 5.78 Å². The van der Waals surface area contributed by atoms with E-state index in [9.17, 15) is 4.79 Å². The van der Waals surface area contributed by atoms with Gasteiger partial charge in [0.25, 0.3) is 0 Å². The molecule has 5 rings (SSSR count). The van der Waals surface area contributed by atoms with Gasteiger partial charge in [-0.15, -0.1) is 0 Å². The molecule has 4 nitrogen and oxygen atoms in total. The number of hydrogen-bond acceptors (Lipinski definition) is 4. The molecule has 1 saturated heterocycles. The largest absolute Gasteiger partial charge is 0.340 e. The van der Waals surface area contributed by atoms with Crippen LogP contribution in [-0.4, -0.2) is 23.2 Å². The number of hydrogen-bond donors (Lipinski definition) is 0. The molecule has 0 amide bonds. The Morgan fingerprint density at radius 1 is 1.07 bits per heavy atom. The molecule has 1 aliphatic heterocycles. The molecule has 0 N–H and O–H groups in total. The summed E-state index contributed by atoms with van der Waals surface area (Å²) in [6.07, 6.45) is 6.17. The summed E-state index contributed by atoms with van der Waals surface area (Å²) in [6, 6.07) is 18.4. The molecule has 2 aromatic carbocycles. The Bertz CT molecular complexity index is 1140. The summed E-state index contributed by atoms with van der Waals surface area (Å²) < 4.78 is 11.9. The van der Waals surface area contributed by atoms with Crippen LogP contribution in [0.5, 0.6) is 0 Å². The molecule has 1 aliphatic carbocycles. The molecule has 2 aliphatic rings. The van der Waals surface area contributed by atoms with Gasteiger partial charge in [0.2, 0.25) is 5.79 Å². The van der Waals surface area contributed by atoms with E-state index in [-0.39, 0.29) is 16.9 Å². The van der Waals surface area contributed by atoms with Crippen molar-refractivity contribution in [2.75, 3.05) is 6.61 Å². The summed E-state index contributed by atoms with van der Waals surface area (Å²) in [4.78, 5) is 16.1. The van der Waals surface area contributed by atoms with Crippen LogP contribution < -0.4 is 0 Å². The van der Waals surface area contributed by atoms with E-state index >= 15 is 0 Å². The van der Waals surface area contributed by atoms with Gasteiger partial charge in [-0.05, 0) is 35.4 Å². The van der Waals surface area contributed by atoms with Crippen molar-refractivity contribution >= 4 is 28.3 Å². The fourth-order valence-electron chi connectivity index (χ4n) is 3.51. The first-order valence-corrected chi connectivity index (χ1v) is 9.39. The number of carbonyl (C=O) groups is 1. The van der Waals surface area contributed by atoms with E-state index < -0.39 is 5.79 Å². The molecule has 0 saturated carbocycles. The Morgan fingerprint density at radius 3 is 2.71 bits per heavy atom. The molecule has 0 bridgehead atoms. The molecule has 0 radical (unpaired) electrons. The molecule has 28 heavy (non-hydrogen) atoms. The zero-order valence-electron chi connectivity index (χ0n) is 14.8. The minimum Gasteiger partial charge on any atom is -0.340 e. The normalized spacial score (nSPS) is 24.1. The first kappa shape index (κ1) is 17.3. The third kappa shape index (κ3) is 3.06. The van der Waals surface area contributed by atoms with Crippen LogP contribution in [0.3, 0.4) is 0 Å². The van der Waals surface area contributed by atoms with Crippen molar-refractivity contribution in [3.8, 4) is 11.1 Å². The molecule has 0 unspecified atom stereocenters. The van der Waals surface area contributed by atoms with Crippen LogP contribution in [0.25, 0.3) is 22.0 Å². The monoisotopic (exact) mass is 389 g/mol. The van der Waals surface area contributed by atoms with Gasteiger partial charge >= 0.3 is 0 Å². The molecule has 1 spiro atoms. The molecule has 2 heterocycles. The van der Waals surface area contributed by atoms with Crippen LogP contribution >= 0.6 is 11.6 Å². The van der Waals surface area contributed by atoms with Gasteiger partial charge in [0.05, 0.1) is 17.2 Å². The van der Waals surface area contributed by atoms with Crippen molar-refractivity contribution in [3.05, 3.63) is 89.6 Å². The van der Waals surface area contributed by atoms with E-state index in [1.165, 1.54) is 12.2 Å². The number of benzene rings is 2. The maximum Gasteiger partial charge on any atom is 0.211 e. The first-order valence-electron chi connectivity index (χ1n) is 9.01. The minimum atomic E-state index is -1.06. The van der Waals surface area contributed by atoms with Gasteiger partial charge < -0.3 is 9.47 Å². The fourth-order valence-corrected chi connectivity index (χ4v) is 3.73. The van der Waals surface area contributed by atoms with E-state index in [1.807, 2.05) is 36.5 Å². The number of ketones is 1. The summed E-state index contributed by atoms with van der Waals surface area (Å²) in [6.45, 7) is 0.385. The summed E-state index contributed by atoms with van der Waals surface area (Å²) >= 11 is 5.95. The number of rotatable bonds is 2. The molecule has 1 aromatic heterocycles. The lowest BCUT2D eigenvalue weighted by Gasteiger charge is -2.23. The average Bonchev–Trinajstić information content (AvgIpc) is 3.14. The van der Waals surface area contributed by atoms with Gasteiger partial charge in [-0.1, -0.05) is 54.1 Å². The van der Waals surface area contributed by atoms with E-state index in [2.05, 4.69) is 29.2 Å². The number of allylic oxidation sites excluding steroid dienone is 2. The van der Waals surface area contributed by atoms with E-state index in [4.69, 9.17) is 21.1 Å². The lowest BCUT2D eigenvalue weighted by Crippen LogP contribution is -2.28. The lowest BCUT2D eigenvalue weighted by molar-refractivity contribution is -0.114. The lowest BCUT2D eigenvalue weighted by atomic mass is 10.0. The number of fused-ring (bicyclic) bond motifs is 1. The Labute approximate surface area is 167 Å². The van der Waals surface area contributed by atoms with Crippen LogP contribution in [0.15, 0.2) is 84.1 Å². The van der Waals surface area contributed by atoms with Gasteiger partial charge in [-0.2, -0.15) is 0 Å². The van der Waals surface area contributed by atoms with Crippen molar-refractivity contribution < 1.29 is 14.3 Å². The first-order chi connectivity index (χ1) is 13.6. The highest BCUT2D eigenvalue weighted by Gasteiger charge is 2.41. The number of para-hydroxylation sites is 1. The Balaban J connectivity index is 1.38. The summed E-state index contributed by atoms with van der Waals surface area (Å²) in [5.41, 5.74) is 4.13. The van der Waals surface area contributed by atoms with Crippen LogP contribution in [-0.2, 0) is 14.3 Å². The minimum absolute atomic E-state index is 0.113. The van der Waals surface area contributed by atoms with E-state index in [1.54, 1.807) is 6.08 Å². The van der Waals surface area contributed by atoms with Crippen molar-refractivity contribution in [2.45, 2.75) is 11.9 Å². The highest BCUT2D eigenvalue weighted by atomic mass is 35.5. The number of carbonyl (C=O) groups excluding carboxylic acids is 1. The zero-order chi connectivity index (χ0) is 19.1. The summed E-state index contributed by atoms with van der Waals surface area (Å²) in [7, 11) is 0. The van der Waals surface area contributed by atoms with Gasteiger partial charge in [0, 0.05) is 23.2 Å². The molecule has 138 valence electrons. The molecule has 2 atom stereocenters. The topological polar surface area (TPSA) is 48.4 Å². The third-order valence-corrected chi connectivity index (χ3v) is 5.32. The van der Waals surface area contributed by atoms with Crippen LogP contribution in [0, 0.1) is 0 Å². The predicted molar refractivity (Wildman–Crippen MR) is 108 cm³/mol. The molecule has 5 heteroatoms. The number of ether oxygens (including phenoxy) is 2. The molecular formula is C23H16ClNO3. The second-order valence-corrected chi connectivity index (χ2v) is 7.27. The van der Waals surface area contributed by atoms with Crippen molar-refractivity contribution in [1.82, 2.24) is 4.98 Å². The van der Waals surface area contributed by atoms with E-state index in [0.29, 0.717) is 6.61 Å². The highest BCUT2D eigenvalue weighted by Crippen LogP contribution is 2.38. The third-order valence-electron chi connectivity index (χ3n) is 5.02. The van der Waals surface area contributed by atoms with Crippen LogP contribution in [0.1, 0.15) is 11.7 Å². The highest BCUT2D eigenvalue weighted by molar-refractivity contribution is 6.44. The van der Waals surface area contributed by atoms with Crippen molar-refractivity contribution in [2.24, 2.45) is 0 Å². The molecular weight excluding hydrogens is 374 g/mol. The predicted octanol–water partition coefficient (Wildman–Crippen LogP) is 4.95. The van der Waals surface area contributed by atoms with Gasteiger partial charge in [-0.3, -0.25) is 9.78 Å². The van der Waals surface area contributed by atoms with Crippen LogP contribution in [0.4, 0.5) is 0 Å². The SMILES string of the molecule is O=C1C=C[C@]2(C=C1Cl)OC[C@H](c1ccc(-c3cnc4ccccc4c3)cc1)O2. The van der Waals surface area contributed by atoms with Crippen molar-refractivity contribution in [3.63, 3.8) is 0 Å². The summed E-state index contributed by atoms with van der Waals surface area (Å²) in [5, 5.41) is 1.23. The molecule has 1 fully saturated rings. The number of aromatic nitrogens is 1. The Hall–Kier alpha value is -2.79. The number of nitrogens with zero attached hydrogens (tertiary/aromatic N) is 1.